The van der Waals surface area contributed by atoms with Gasteiger partial charge in [0.15, 0.2) is 17.6 Å². The molecule has 0 heterocycles. The van der Waals surface area contributed by atoms with Gasteiger partial charge in [0, 0.05) is 11.8 Å². The normalized spacial score (nSPS) is 11.2. The molecule has 1 atom stereocenters. The molecule has 0 aliphatic rings. The van der Waals surface area contributed by atoms with Crippen LogP contribution in [0.3, 0.4) is 0 Å². The molecule has 2 rings (SSSR count). The number of para-hydroxylation sites is 1. The van der Waals surface area contributed by atoms with Crippen molar-refractivity contribution < 1.29 is 28.5 Å². The molecule has 0 bridgehead atoms. The number of amides is 1. The van der Waals surface area contributed by atoms with Gasteiger partial charge in [-0.1, -0.05) is 18.2 Å². The highest BCUT2D eigenvalue weighted by molar-refractivity contribution is 5.95. The van der Waals surface area contributed by atoms with Crippen molar-refractivity contribution in [2.45, 2.75) is 19.4 Å². The first-order chi connectivity index (χ1) is 13.0. The molecule has 0 fully saturated rings. The smallest absolute Gasteiger partial charge is 0.310 e. The number of nitrogens with one attached hydrogen (secondary N) is 1. The highest BCUT2D eigenvalue weighted by Gasteiger charge is 2.18. The largest absolute Gasteiger partial charge is 0.493 e. The summed E-state index contributed by atoms with van der Waals surface area (Å²) in [6.45, 7) is 1.68. The van der Waals surface area contributed by atoms with Crippen LogP contribution in [0.4, 0.5) is 5.69 Å². The third-order valence-electron chi connectivity index (χ3n) is 3.65. The summed E-state index contributed by atoms with van der Waals surface area (Å²) in [5.41, 5.74) is 0.507. The minimum atomic E-state index is -0.942. The minimum absolute atomic E-state index is 0.0445. The Morgan fingerprint density at radius 1 is 1.00 bits per heavy atom. The Labute approximate surface area is 158 Å². The van der Waals surface area contributed by atoms with Crippen molar-refractivity contribution in [1.29, 1.82) is 0 Å². The third kappa shape index (κ3) is 6.22. The zero-order valence-corrected chi connectivity index (χ0v) is 15.6. The van der Waals surface area contributed by atoms with Crippen molar-refractivity contribution in [2.75, 3.05) is 26.1 Å². The summed E-state index contributed by atoms with van der Waals surface area (Å²) < 4.78 is 20.9. The van der Waals surface area contributed by atoms with E-state index in [9.17, 15) is 9.59 Å². The SMILES string of the molecule is COc1ccc(NC(=O)[C@@H](C)OC(=O)CCOc2ccccc2)cc1OC. The highest BCUT2D eigenvalue weighted by Crippen LogP contribution is 2.29. The van der Waals surface area contributed by atoms with Crippen LogP contribution in [0.5, 0.6) is 17.2 Å². The van der Waals surface area contributed by atoms with Gasteiger partial charge in [-0.25, -0.2) is 0 Å². The van der Waals surface area contributed by atoms with Crippen molar-refractivity contribution in [3.05, 3.63) is 48.5 Å². The Hall–Kier alpha value is -3.22. The predicted molar refractivity (Wildman–Crippen MR) is 100 cm³/mol. The second-order valence-electron chi connectivity index (χ2n) is 5.60. The van der Waals surface area contributed by atoms with Gasteiger partial charge in [0.25, 0.3) is 5.91 Å². The maximum Gasteiger partial charge on any atom is 0.310 e. The second-order valence-corrected chi connectivity index (χ2v) is 5.60. The van der Waals surface area contributed by atoms with E-state index in [4.69, 9.17) is 18.9 Å². The number of benzene rings is 2. The van der Waals surface area contributed by atoms with E-state index in [-0.39, 0.29) is 13.0 Å². The first-order valence-electron chi connectivity index (χ1n) is 8.43. The molecule has 0 unspecified atom stereocenters. The zero-order valence-electron chi connectivity index (χ0n) is 15.6. The molecular weight excluding hydrogens is 350 g/mol. The summed E-state index contributed by atoms with van der Waals surface area (Å²) >= 11 is 0. The number of anilines is 1. The lowest BCUT2D eigenvalue weighted by atomic mass is 10.2. The number of rotatable bonds is 9. The van der Waals surface area contributed by atoms with Gasteiger partial charge in [-0.3, -0.25) is 9.59 Å². The lowest BCUT2D eigenvalue weighted by molar-refractivity contribution is -0.153. The molecule has 0 aliphatic heterocycles. The number of hydrogen-bond donors (Lipinski definition) is 1. The van der Waals surface area contributed by atoms with Crippen LogP contribution >= 0.6 is 0 Å². The summed E-state index contributed by atoms with van der Waals surface area (Å²) in [5, 5.41) is 2.67. The fourth-order valence-corrected chi connectivity index (χ4v) is 2.24. The van der Waals surface area contributed by atoms with Crippen LogP contribution in [0, 0.1) is 0 Å². The lowest BCUT2D eigenvalue weighted by Gasteiger charge is -2.15. The Morgan fingerprint density at radius 3 is 2.37 bits per heavy atom. The van der Waals surface area contributed by atoms with Crippen LogP contribution < -0.4 is 19.5 Å². The molecule has 0 radical (unpaired) electrons. The molecule has 0 aliphatic carbocycles. The van der Waals surface area contributed by atoms with E-state index in [0.29, 0.717) is 22.9 Å². The molecular formula is C20H23NO6. The van der Waals surface area contributed by atoms with Crippen molar-refractivity contribution >= 4 is 17.6 Å². The number of carbonyl (C=O) groups excluding carboxylic acids is 2. The van der Waals surface area contributed by atoms with Crippen molar-refractivity contribution in [1.82, 2.24) is 0 Å². The van der Waals surface area contributed by atoms with Crippen molar-refractivity contribution in [2.24, 2.45) is 0 Å². The summed E-state index contributed by atoms with van der Waals surface area (Å²) in [5.74, 6) is 0.747. The average molecular weight is 373 g/mol. The quantitative estimate of drug-likeness (QED) is 0.680. The monoisotopic (exact) mass is 373 g/mol. The van der Waals surface area contributed by atoms with Crippen LogP contribution in [0.1, 0.15) is 13.3 Å². The van der Waals surface area contributed by atoms with Gasteiger partial charge in [0.05, 0.1) is 27.2 Å². The molecule has 0 saturated carbocycles. The molecule has 2 aromatic rings. The van der Waals surface area contributed by atoms with Gasteiger partial charge in [0.1, 0.15) is 5.75 Å². The van der Waals surface area contributed by atoms with E-state index in [1.807, 2.05) is 18.2 Å². The third-order valence-corrected chi connectivity index (χ3v) is 3.65. The summed E-state index contributed by atoms with van der Waals surface area (Å²) in [6.07, 6.45) is -0.898. The lowest BCUT2D eigenvalue weighted by Crippen LogP contribution is -2.30. The molecule has 7 nitrogen and oxygen atoms in total. The zero-order chi connectivity index (χ0) is 19.6. The fraction of sp³-hybridized carbons (Fsp3) is 0.300. The average Bonchev–Trinajstić information content (AvgIpc) is 2.68. The molecule has 7 heteroatoms. The topological polar surface area (TPSA) is 83.1 Å². The molecule has 2 aromatic carbocycles. The van der Waals surface area contributed by atoms with E-state index in [1.54, 1.807) is 30.3 Å². The summed E-state index contributed by atoms with van der Waals surface area (Å²) in [6, 6.07) is 14.1. The van der Waals surface area contributed by atoms with Crippen LogP contribution in [-0.2, 0) is 14.3 Å². The van der Waals surface area contributed by atoms with Crippen LogP contribution in [0.2, 0.25) is 0 Å². The standard InChI is InChI=1S/C20H23NO6/c1-14(27-19(22)11-12-26-16-7-5-4-6-8-16)20(23)21-15-9-10-17(24-2)18(13-15)25-3/h4-10,13-14H,11-12H2,1-3H3,(H,21,23)/t14-/m1/s1. The van der Waals surface area contributed by atoms with E-state index < -0.39 is 18.0 Å². The van der Waals surface area contributed by atoms with Gasteiger partial charge < -0.3 is 24.3 Å². The number of ether oxygens (including phenoxy) is 4. The first-order valence-corrected chi connectivity index (χ1v) is 8.43. The number of carbonyl (C=O) groups is 2. The number of esters is 1. The summed E-state index contributed by atoms with van der Waals surface area (Å²) in [4.78, 5) is 24.1. The van der Waals surface area contributed by atoms with Crippen LogP contribution in [0.15, 0.2) is 48.5 Å². The number of methoxy groups -OCH3 is 2. The molecule has 0 spiro atoms. The molecule has 1 N–H and O–H groups in total. The Balaban J connectivity index is 1.80. The van der Waals surface area contributed by atoms with E-state index in [1.165, 1.54) is 21.1 Å². The molecule has 0 aromatic heterocycles. The van der Waals surface area contributed by atoms with Gasteiger partial charge >= 0.3 is 5.97 Å². The van der Waals surface area contributed by atoms with Gasteiger partial charge in [-0.2, -0.15) is 0 Å². The maximum absolute atomic E-state index is 12.2. The molecule has 1 amide bonds. The Kier molecular flexibility index (Phi) is 7.49. The van der Waals surface area contributed by atoms with Crippen LogP contribution in [0.25, 0.3) is 0 Å². The van der Waals surface area contributed by atoms with E-state index in [0.717, 1.165) is 0 Å². The second kappa shape index (κ2) is 10.1. The Bertz CT molecular complexity index is 762. The molecule has 144 valence electrons. The molecule has 0 saturated heterocycles. The van der Waals surface area contributed by atoms with Gasteiger partial charge in [-0.15, -0.1) is 0 Å². The molecule has 27 heavy (non-hydrogen) atoms. The number of hydrogen-bond acceptors (Lipinski definition) is 6. The van der Waals surface area contributed by atoms with Crippen molar-refractivity contribution in [3.63, 3.8) is 0 Å². The predicted octanol–water partition coefficient (Wildman–Crippen LogP) is 3.04. The maximum atomic E-state index is 12.2. The van der Waals surface area contributed by atoms with E-state index in [2.05, 4.69) is 5.32 Å². The van der Waals surface area contributed by atoms with Gasteiger partial charge in [-0.05, 0) is 31.2 Å². The Morgan fingerprint density at radius 2 is 1.70 bits per heavy atom. The first kappa shape index (κ1) is 20.1. The van der Waals surface area contributed by atoms with Crippen molar-refractivity contribution in [3.8, 4) is 17.2 Å². The highest BCUT2D eigenvalue weighted by atomic mass is 16.6. The fourth-order valence-electron chi connectivity index (χ4n) is 2.24. The minimum Gasteiger partial charge on any atom is -0.493 e. The van der Waals surface area contributed by atoms with E-state index >= 15 is 0 Å². The van der Waals surface area contributed by atoms with Crippen LogP contribution in [-0.4, -0.2) is 38.8 Å². The summed E-state index contributed by atoms with van der Waals surface area (Å²) in [7, 11) is 3.03. The van der Waals surface area contributed by atoms with Gasteiger partial charge in [0.2, 0.25) is 0 Å².